The van der Waals surface area contributed by atoms with Crippen LogP contribution in [-0.2, 0) is 14.3 Å². The summed E-state index contributed by atoms with van der Waals surface area (Å²) in [7, 11) is 0. The van der Waals surface area contributed by atoms with Crippen LogP contribution in [0.25, 0.3) is 0 Å². The molecule has 0 radical (unpaired) electrons. The van der Waals surface area contributed by atoms with E-state index in [0.29, 0.717) is 25.4 Å². The molecule has 0 aromatic rings. The Kier molecular flexibility index (Phi) is 8.15. The average molecular weight is 210 g/mol. The van der Waals surface area contributed by atoms with Crippen molar-refractivity contribution in [3.8, 4) is 0 Å². The number of carbonyl (C=O) groups is 1. The first kappa shape index (κ1) is 13.5. The standard InChI is InChI=1S/C12H18O3/c1-4-7-8-11(15-9-5-2)10-12(13)14-6-3/h4-5,10H,1-2,6-9H2,3H3. The summed E-state index contributed by atoms with van der Waals surface area (Å²) < 4.78 is 10.1. The van der Waals surface area contributed by atoms with Gasteiger partial charge in [-0.3, -0.25) is 0 Å². The lowest BCUT2D eigenvalue weighted by atomic mass is 10.2. The third-order valence-electron chi connectivity index (χ3n) is 1.55. The fourth-order valence-electron chi connectivity index (χ4n) is 0.912. The minimum absolute atomic E-state index is 0.367. The molecule has 0 N–H and O–H groups in total. The first-order chi connectivity index (χ1) is 7.24. The van der Waals surface area contributed by atoms with Gasteiger partial charge in [-0.1, -0.05) is 18.7 Å². The van der Waals surface area contributed by atoms with E-state index in [2.05, 4.69) is 13.2 Å². The molecule has 0 aliphatic carbocycles. The lowest BCUT2D eigenvalue weighted by Crippen LogP contribution is -2.03. The number of allylic oxidation sites excluding steroid dienone is 2. The Labute approximate surface area is 91.1 Å². The molecule has 0 heterocycles. The van der Waals surface area contributed by atoms with Crippen LogP contribution < -0.4 is 0 Å². The second-order valence-corrected chi connectivity index (χ2v) is 2.79. The number of hydrogen-bond acceptors (Lipinski definition) is 3. The number of ether oxygens (including phenoxy) is 2. The van der Waals surface area contributed by atoms with E-state index in [0.717, 1.165) is 6.42 Å². The SMILES string of the molecule is C=CCCC(=CC(=O)OCC)OCC=C. The fourth-order valence-corrected chi connectivity index (χ4v) is 0.912. The molecule has 84 valence electrons. The molecule has 15 heavy (non-hydrogen) atoms. The van der Waals surface area contributed by atoms with E-state index in [-0.39, 0.29) is 5.97 Å². The van der Waals surface area contributed by atoms with Crippen molar-refractivity contribution in [3.63, 3.8) is 0 Å². The van der Waals surface area contributed by atoms with Gasteiger partial charge in [0.15, 0.2) is 0 Å². The molecule has 0 bridgehead atoms. The Morgan fingerprint density at radius 2 is 2.00 bits per heavy atom. The lowest BCUT2D eigenvalue weighted by Gasteiger charge is -2.07. The summed E-state index contributed by atoms with van der Waals surface area (Å²) >= 11 is 0. The zero-order valence-corrected chi connectivity index (χ0v) is 9.20. The Bertz CT molecular complexity index is 227. The molecule has 0 amide bonds. The van der Waals surface area contributed by atoms with Crippen LogP contribution in [0.1, 0.15) is 19.8 Å². The number of esters is 1. The lowest BCUT2D eigenvalue weighted by molar-refractivity contribution is -0.137. The molecule has 0 aromatic heterocycles. The molecule has 0 aliphatic rings. The summed E-state index contributed by atoms with van der Waals surface area (Å²) in [6.07, 6.45) is 6.19. The van der Waals surface area contributed by atoms with Crippen molar-refractivity contribution >= 4 is 5.97 Å². The van der Waals surface area contributed by atoms with E-state index in [1.165, 1.54) is 6.08 Å². The summed E-state index contributed by atoms with van der Waals surface area (Å²) in [4.78, 5) is 11.1. The second kappa shape index (κ2) is 9.06. The van der Waals surface area contributed by atoms with Gasteiger partial charge in [0.05, 0.1) is 12.7 Å². The average Bonchev–Trinajstić information content (AvgIpc) is 2.22. The first-order valence-electron chi connectivity index (χ1n) is 4.96. The van der Waals surface area contributed by atoms with Gasteiger partial charge in [0, 0.05) is 6.42 Å². The van der Waals surface area contributed by atoms with E-state index in [1.807, 2.05) is 0 Å². The van der Waals surface area contributed by atoms with Gasteiger partial charge in [-0.15, -0.1) is 6.58 Å². The number of rotatable bonds is 8. The van der Waals surface area contributed by atoms with Gasteiger partial charge in [-0.25, -0.2) is 4.79 Å². The van der Waals surface area contributed by atoms with Gasteiger partial charge >= 0.3 is 5.97 Å². The maximum atomic E-state index is 11.1. The van der Waals surface area contributed by atoms with Crippen molar-refractivity contribution in [2.75, 3.05) is 13.2 Å². The summed E-state index contributed by atoms with van der Waals surface area (Å²) in [6, 6.07) is 0. The molecule has 0 saturated heterocycles. The minimum atomic E-state index is -0.374. The van der Waals surface area contributed by atoms with Crippen molar-refractivity contribution in [2.24, 2.45) is 0 Å². The molecule has 0 saturated carbocycles. The second-order valence-electron chi connectivity index (χ2n) is 2.79. The molecule has 0 rings (SSSR count). The zero-order valence-electron chi connectivity index (χ0n) is 9.20. The predicted molar refractivity (Wildman–Crippen MR) is 60.3 cm³/mol. The van der Waals surface area contributed by atoms with Crippen LogP contribution in [0.2, 0.25) is 0 Å². The van der Waals surface area contributed by atoms with Crippen molar-refractivity contribution in [2.45, 2.75) is 19.8 Å². The van der Waals surface area contributed by atoms with E-state index >= 15 is 0 Å². The Balaban J connectivity index is 4.23. The molecule has 3 nitrogen and oxygen atoms in total. The molecular weight excluding hydrogens is 192 g/mol. The van der Waals surface area contributed by atoms with Crippen molar-refractivity contribution in [1.82, 2.24) is 0 Å². The molecule has 0 unspecified atom stereocenters. The van der Waals surface area contributed by atoms with Gasteiger partial charge in [0.25, 0.3) is 0 Å². The van der Waals surface area contributed by atoms with Gasteiger partial charge in [0.1, 0.15) is 12.4 Å². The largest absolute Gasteiger partial charge is 0.494 e. The summed E-state index contributed by atoms with van der Waals surface area (Å²) in [5.74, 6) is 0.230. The van der Waals surface area contributed by atoms with Crippen molar-refractivity contribution < 1.29 is 14.3 Å². The third kappa shape index (κ3) is 7.55. The molecule has 0 atom stereocenters. The van der Waals surface area contributed by atoms with Crippen LogP contribution >= 0.6 is 0 Å². The quantitative estimate of drug-likeness (QED) is 0.267. The zero-order chi connectivity index (χ0) is 11.5. The van der Waals surface area contributed by atoms with Crippen LogP contribution in [0.15, 0.2) is 37.1 Å². The molecule has 0 fully saturated rings. The molecule has 0 aromatic carbocycles. The molecule has 0 aliphatic heterocycles. The normalized spacial score (nSPS) is 10.6. The van der Waals surface area contributed by atoms with Crippen LogP contribution in [0, 0.1) is 0 Å². The number of carbonyl (C=O) groups excluding carboxylic acids is 1. The predicted octanol–water partition coefficient (Wildman–Crippen LogP) is 2.60. The van der Waals surface area contributed by atoms with Crippen LogP contribution in [-0.4, -0.2) is 19.2 Å². The minimum Gasteiger partial charge on any atom is -0.494 e. The Morgan fingerprint density at radius 1 is 1.27 bits per heavy atom. The van der Waals surface area contributed by atoms with Crippen molar-refractivity contribution in [3.05, 3.63) is 37.1 Å². The van der Waals surface area contributed by atoms with Crippen molar-refractivity contribution in [1.29, 1.82) is 0 Å². The highest BCUT2D eigenvalue weighted by atomic mass is 16.5. The molecule has 3 heteroatoms. The number of hydrogen-bond donors (Lipinski definition) is 0. The summed E-state index contributed by atoms with van der Waals surface area (Å²) in [5, 5.41) is 0. The van der Waals surface area contributed by atoms with Gasteiger partial charge < -0.3 is 9.47 Å². The highest BCUT2D eigenvalue weighted by Crippen LogP contribution is 2.07. The van der Waals surface area contributed by atoms with E-state index < -0.39 is 0 Å². The Morgan fingerprint density at radius 3 is 2.53 bits per heavy atom. The Hall–Kier alpha value is -1.51. The van der Waals surface area contributed by atoms with E-state index in [4.69, 9.17) is 9.47 Å². The maximum Gasteiger partial charge on any atom is 0.334 e. The molecular formula is C12H18O3. The fraction of sp³-hybridized carbons (Fsp3) is 0.417. The van der Waals surface area contributed by atoms with Gasteiger partial charge in [-0.2, -0.15) is 0 Å². The first-order valence-corrected chi connectivity index (χ1v) is 4.96. The van der Waals surface area contributed by atoms with Crippen LogP contribution in [0.5, 0.6) is 0 Å². The van der Waals surface area contributed by atoms with Crippen LogP contribution in [0.3, 0.4) is 0 Å². The summed E-state index contributed by atoms with van der Waals surface area (Å²) in [6.45, 7) is 9.67. The highest BCUT2D eigenvalue weighted by Gasteiger charge is 2.02. The monoisotopic (exact) mass is 210 g/mol. The topological polar surface area (TPSA) is 35.5 Å². The molecule has 0 spiro atoms. The van der Waals surface area contributed by atoms with E-state index in [9.17, 15) is 4.79 Å². The highest BCUT2D eigenvalue weighted by molar-refractivity contribution is 5.82. The maximum absolute atomic E-state index is 11.1. The smallest absolute Gasteiger partial charge is 0.334 e. The van der Waals surface area contributed by atoms with Gasteiger partial charge in [-0.05, 0) is 13.3 Å². The van der Waals surface area contributed by atoms with Crippen LogP contribution in [0.4, 0.5) is 0 Å². The van der Waals surface area contributed by atoms with E-state index in [1.54, 1.807) is 19.1 Å². The van der Waals surface area contributed by atoms with Gasteiger partial charge in [0.2, 0.25) is 0 Å². The third-order valence-corrected chi connectivity index (χ3v) is 1.55. The summed E-state index contributed by atoms with van der Waals surface area (Å²) in [5.41, 5.74) is 0.